The summed E-state index contributed by atoms with van der Waals surface area (Å²) in [6.45, 7) is 1.49. The van der Waals surface area contributed by atoms with Gasteiger partial charge in [-0.2, -0.15) is 0 Å². The van der Waals surface area contributed by atoms with Gasteiger partial charge in [0.15, 0.2) is 5.16 Å². The van der Waals surface area contributed by atoms with Crippen molar-refractivity contribution in [3.05, 3.63) is 16.6 Å². The largest absolute Gasteiger partial charge is 0.489 e. The van der Waals surface area contributed by atoms with Crippen molar-refractivity contribution in [1.82, 2.24) is 20.3 Å². The third-order valence-electron chi connectivity index (χ3n) is 5.09. The first kappa shape index (κ1) is 13.6. The third kappa shape index (κ3) is 1.91. The minimum Gasteiger partial charge on any atom is -0.489 e. The Balaban J connectivity index is 1.80. The minimum atomic E-state index is -0.192. The van der Waals surface area contributed by atoms with E-state index in [1.165, 1.54) is 18.2 Å². The molecule has 3 aliphatic rings. The smallest absolute Gasteiger partial charge is 0.274 e. The van der Waals surface area contributed by atoms with E-state index in [1.807, 2.05) is 6.26 Å². The molecule has 8 heteroatoms. The van der Waals surface area contributed by atoms with Crippen molar-refractivity contribution >= 4 is 28.5 Å². The van der Waals surface area contributed by atoms with Crippen LogP contribution in [0.3, 0.4) is 0 Å². The number of thioether (sulfide) groups is 1. The Kier molecular flexibility index (Phi) is 2.87. The maximum Gasteiger partial charge on any atom is 0.274 e. The van der Waals surface area contributed by atoms with Crippen molar-refractivity contribution in [2.45, 2.75) is 36.1 Å². The molecule has 2 aromatic rings. The van der Waals surface area contributed by atoms with Gasteiger partial charge in [-0.25, -0.2) is 9.97 Å². The van der Waals surface area contributed by atoms with E-state index in [-0.39, 0.29) is 11.6 Å². The van der Waals surface area contributed by atoms with E-state index < -0.39 is 0 Å². The number of aromatic nitrogens is 3. The number of hydrogen-bond donors (Lipinski definition) is 2. The van der Waals surface area contributed by atoms with Crippen LogP contribution < -0.4 is 20.5 Å². The zero-order valence-corrected chi connectivity index (χ0v) is 13.5. The highest BCUT2D eigenvalue weighted by Crippen LogP contribution is 2.39. The van der Waals surface area contributed by atoms with Gasteiger partial charge in [0.1, 0.15) is 23.7 Å². The number of nitrogens with zero attached hydrogens (tertiary/aromatic N) is 3. The number of nitrogens with one attached hydrogen (secondary N) is 2. The summed E-state index contributed by atoms with van der Waals surface area (Å²) < 4.78 is 6.03. The highest BCUT2D eigenvalue weighted by Gasteiger charge is 2.43. The SMILES string of the molecule is CSc1nc2c3c(c[nH]c(=O)c3n1)OC[C@@H]1[C@@H]3CC[C@H](CN21)N3. The molecule has 120 valence electrons. The molecule has 0 spiro atoms. The van der Waals surface area contributed by atoms with Gasteiger partial charge in [0.25, 0.3) is 5.56 Å². The third-order valence-corrected chi connectivity index (χ3v) is 5.63. The minimum absolute atomic E-state index is 0.192. The number of hydrogen-bond acceptors (Lipinski definition) is 7. The molecule has 3 atom stereocenters. The van der Waals surface area contributed by atoms with Crippen LogP contribution in [0.4, 0.5) is 5.82 Å². The number of anilines is 1. The quantitative estimate of drug-likeness (QED) is 0.589. The Bertz CT molecular complexity index is 854. The van der Waals surface area contributed by atoms with Gasteiger partial charge in [-0.1, -0.05) is 11.8 Å². The molecule has 0 unspecified atom stereocenters. The summed E-state index contributed by atoms with van der Waals surface area (Å²) in [6, 6.07) is 1.15. The molecule has 2 fully saturated rings. The second-order valence-corrected chi connectivity index (χ2v) is 7.09. The molecule has 2 N–H and O–H groups in total. The van der Waals surface area contributed by atoms with Crippen molar-refractivity contribution in [3.63, 3.8) is 0 Å². The van der Waals surface area contributed by atoms with Crippen LogP contribution in [0.25, 0.3) is 10.9 Å². The lowest BCUT2D eigenvalue weighted by atomic mass is 10.1. The molecule has 23 heavy (non-hydrogen) atoms. The van der Waals surface area contributed by atoms with Crippen LogP contribution >= 0.6 is 11.8 Å². The number of pyridine rings is 1. The normalized spacial score (nSPS) is 28.4. The number of aromatic amines is 1. The van der Waals surface area contributed by atoms with Crippen molar-refractivity contribution < 1.29 is 4.74 Å². The van der Waals surface area contributed by atoms with E-state index in [9.17, 15) is 4.79 Å². The van der Waals surface area contributed by atoms with Gasteiger partial charge in [-0.05, 0) is 19.1 Å². The van der Waals surface area contributed by atoms with Gasteiger partial charge in [0.05, 0.1) is 11.4 Å². The van der Waals surface area contributed by atoms with Crippen LogP contribution in [0.2, 0.25) is 0 Å². The summed E-state index contributed by atoms with van der Waals surface area (Å²) >= 11 is 1.46. The molecule has 3 aliphatic heterocycles. The lowest BCUT2D eigenvalue weighted by molar-refractivity contribution is 0.244. The summed E-state index contributed by atoms with van der Waals surface area (Å²) in [4.78, 5) is 26.5. The molecular weight excluding hydrogens is 314 g/mol. The van der Waals surface area contributed by atoms with Gasteiger partial charge >= 0.3 is 0 Å². The number of rotatable bonds is 1. The van der Waals surface area contributed by atoms with E-state index in [0.29, 0.717) is 35.1 Å². The van der Waals surface area contributed by atoms with Crippen LogP contribution in [0.1, 0.15) is 12.8 Å². The lowest BCUT2D eigenvalue weighted by Crippen LogP contribution is -2.60. The Labute approximate surface area is 136 Å². The fourth-order valence-corrected chi connectivity index (χ4v) is 4.38. The fourth-order valence-electron chi connectivity index (χ4n) is 4.02. The first-order chi connectivity index (χ1) is 11.2. The number of piperazine rings is 1. The molecular formula is C15H17N5O2S. The Morgan fingerprint density at radius 2 is 2.30 bits per heavy atom. The first-order valence-corrected chi connectivity index (χ1v) is 9.10. The number of ether oxygens (including phenoxy) is 1. The summed E-state index contributed by atoms with van der Waals surface area (Å²) in [7, 11) is 0. The van der Waals surface area contributed by atoms with Crippen LogP contribution in [0.15, 0.2) is 16.1 Å². The molecule has 5 heterocycles. The topological polar surface area (TPSA) is 83.1 Å². The van der Waals surface area contributed by atoms with Crippen LogP contribution in [-0.2, 0) is 0 Å². The molecule has 0 saturated carbocycles. The predicted molar refractivity (Wildman–Crippen MR) is 88.5 cm³/mol. The van der Waals surface area contributed by atoms with Crippen LogP contribution in [-0.4, -0.2) is 52.5 Å². The fraction of sp³-hybridized carbons (Fsp3) is 0.533. The van der Waals surface area contributed by atoms with Gasteiger partial charge < -0.3 is 19.9 Å². The van der Waals surface area contributed by atoms with E-state index in [0.717, 1.165) is 24.2 Å². The molecule has 2 aromatic heterocycles. The number of H-pyrrole nitrogens is 1. The monoisotopic (exact) mass is 331 g/mol. The van der Waals surface area contributed by atoms with Crippen molar-refractivity contribution in [1.29, 1.82) is 0 Å². The Morgan fingerprint density at radius 3 is 3.17 bits per heavy atom. The zero-order chi connectivity index (χ0) is 15.6. The highest BCUT2D eigenvalue weighted by atomic mass is 32.2. The van der Waals surface area contributed by atoms with Gasteiger partial charge in [-0.3, -0.25) is 4.79 Å². The van der Waals surface area contributed by atoms with E-state index in [2.05, 4.69) is 20.2 Å². The van der Waals surface area contributed by atoms with E-state index in [4.69, 9.17) is 9.72 Å². The second kappa shape index (κ2) is 4.85. The van der Waals surface area contributed by atoms with Crippen LogP contribution in [0.5, 0.6) is 5.75 Å². The average Bonchev–Trinajstić information content (AvgIpc) is 2.88. The second-order valence-electron chi connectivity index (χ2n) is 6.32. The van der Waals surface area contributed by atoms with Crippen molar-refractivity contribution in [2.24, 2.45) is 0 Å². The van der Waals surface area contributed by atoms with Crippen LogP contribution in [0, 0.1) is 0 Å². The molecule has 5 rings (SSSR count). The summed E-state index contributed by atoms with van der Waals surface area (Å²) in [5.41, 5.74) is 0.228. The first-order valence-electron chi connectivity index (χ1n) is 7.87. The molecule has 7 nitrogen and oxygen atoms in total. The predicted octanol–water partition coefficient (Wildman–Crippen LogP) is 0.742. The Morgan fingerprint density at radius 1 is 1.39 bits per heavy atom. The molecule has 2 saturated heterocycles. The number of fused-ring (bicyclic) bond motifs is 5. The maximum absolute atomic E-state index is 12.3. The van der Waals surface area contributed by atoms with Gasteiger partial charge in [0, 0.05) is 24.8 Å². The van der Waals surface area contributed by atoms with E-state index >= 15 is 0 Å². The molecule has 2 bridgehead atoms. The highest BCUT2D eigenvalue weighted by molar-refractivity contribution is 7.98. The summed E-state index contributed by atoms with van der Waals surface area (Å²) in [5.74, 6) is 1.52. The molecule has 0 amide bonds. The standard InChI is InChI=1S/C15H17N5O2S/c1-23-15-18-12-11-10(4-16-14(12)21)22-6-9-8-3-2-7(17-8)5-20(9)13(11)19-15/h4,7-9,17H,2-3,5-6H2,1H3,(H,16,21)/t7-,8+,9-/m1/s1. The zero-order valence-electron chi connectivity index (χ0n) is 12.7. The maximum atomic E-state index is 12.3. The average molecular weight is 331 g/mol. The summed E-state index contributed by atoms with van der Waals surface area (Å²) in [6.07, 6.45) is 5.91. The van der Waals surface area contributed by atoms with E-state index in [1.54, 1.807) is 6.20 Å². The van der Waals surface area contributed by atoms with Crippen molar-refractivity contribution in [3.8, 4) is 5.75 Å². The van der Waals surface area contributed by atoms with Gasteiger partial charge in [-0.15, -0.1) is 0 Å². The molecule has 0 aliphatic carbocycles. The molecule has 0 radical (unpaired) electrons. The Hall–Kier alpha value is -1.80. The lowest BCUT2D eigenvalue weighted by Gasteiger charge is -2.40. The summed E-state index contributed by atoms with van der Waals surface area (Å²) in [5, 5.41) is 5.05. The molecule has 0 aromatic carbocycles. The van der Waals surface area contributed by atoms with Gasteiger partial charge in [0.2, 0.25) is 0 Å². The van der Waals surface area contributed by atoms with Crippen molar-refractivity contribution in [2.75, 3.05) is 24.3 Å².